The molecule has 0 aliphatic heterocycles. The maximum Gasteiger partial charge on any atom is 0.339 e. The topological polar surface area (TPSA) is 125 Å². The van der Waals surface area contributed by atoms with Crippen molar-refractivity contribution in [2.75, 3.05) is 26.1 Å². The van der Waals surface area contributed by atoms with Gasteiger partial charge in [0.15, 0.2) is 0 Å². The minimum Gasteiger partial charge on any atom is -0.465 e. The Morgan fingerprint density at radius 1 is 0.828 bits per heavy atom. The average Bonchev–Trinajstić information content (AvgIpc) is 2.72. The predicted octanol–water partition coefficient (Wildman–Crippen LogP) is 2.50. The third kappa shape index (κ3) is 4.84. The van der Waals surface area contributed by atoms with Gasteiger partial charge < -0.3 is 14.2 Å². The summed E-state index contributed by atoms with van der Waals surface area (Å²) < 4.78 is 41.8. The summed E-state index contributed by atoms with van der Waals surface area (Å²) in [5.41, 5.74) is -0.329. The number of hydrogen-bond donors (Lipinski definition) is 1. The Bertz CT molecular complexity index is 1080. The standard InChI is InChI=1S/C18H16ClNO8S/c1-26-16(21)10-5-7-14(13(19)8-10)20-29(24,25)15-9-11(17(22)27-2)4-6-12(15)18(23)28-3/h4-9,20H,1-3H3. The molecule has 0 saturated heterocycles. The zero-order chi connectivity index (χ0) is 21.8. The van der Waals surface area contributed by atoms with Gasteiger partial charge in [-0.2, -0.15) is 0 Å². The number of rotatable bonds is 6. The first-order valence-electron chi connectivity index (χ1n) is 7.86. The lowest BCUT2D eigenvalue weighted by Crippen LogP contribution is -2.19. The Morgan fingerprint density at radius 3 is 1.86 bits per heavy atom. The quantitative estimate of drug-likeness (QED) is 0.535. The lowest BCUT2D eigenvalue weighted by Gasteiger charge is -2.14. The molecule has 29 heavy (non-hydrogen) atoms. The molecule has 0 bridgehead atoms. The normalized spacial score (nSPS) is 10.8. The van der Waals surface area contributed by atoms with Gasteiger partial charge in [0.2, 0.25) is 0 Å². The number of sulfonamides is 1. The number of benzene rings is 2. The van der Waals surface area contributed by atoms with Gasteiger partial charge in [0.25, 0.3) is 10.0 Å². The van der Waals surface area contributed by atoms with E-state index >= 15 is 0 Å². The second-order valence-corrected chi connectivity index (χ2v) is 7.54. The highest BCUT2D eigenvalue weighted by Gasteiger charge is 2.26. The number of nitrogens with one attached hydrogen (secondary N) is 1. The van der Waals surface area contributed by atoms with E-state index in [4.69, 9.17) is 11.6 Å². The number of carbonyl (C=O) groups excluding carboxylic acids is 3. The van der Waals surface area contributed by atoms with E-state index in [9.17, 15) is 22.8 Å². The van der Waals surface area contributed by atoms with Gasteiger partial charge in [0.1, 0.15) is 4.90 Å². The molecule has 2 rings (SSSR count). The average molecular weight is 442 g/mol. The van der Waals surface area contributed by atoms with Crippen LogP contribution < -0.4 is 4.72 Å². The molecule has 0 fully saturated rings. The van der Waals surface area contributed by atoms with Crippen molar-refractivity contribution in [2.24, 2.45) is 0 Å². The second-order valence-electron chi connectivity index (χ2n) is 5.49. The van der Waals surface area contributed by atoms with Crippen molar-refractivity contribution >= 4 is 45.2 Å². The van der Waals surface area contributed by atoms with E-state index in [2.05, 4.69) is 18.9 Å². The summed E-state index contributed by atoms with van der Waals surface area (Å²) in [7, 11) is -0.977. The summed E-state index contributed by atoms with van der Waals surface area (Å²) in [4.78, 5) is 34.8. The molecule has 0 spiro atoms. The Hall–Kier alpha value is -3.11. The highest BCUT2D eigenvalue weighted by Crippen LogP contribution is 2.28. The van der Waals surface area contributed by atoms with Crippen molar-refractivity contribution in [1.82, 2.24) is 0 Å². The zero-order valence-electron chi connectivity index (χ0n) is 15.5. The van der Waals surface area contributed by atoms with Crippen LogP contribution in [-0.4, -0.2) is 47.7 Å². The van der Waals surface area contributed by atoms with Crippen LogP contribution >= 0.6 is 11.6 Å². The molecule has 0 heterocycles. The molecule has 1 N–H and O–H groups in total. The van der Waals surface area contributed by atoms with E-state index in [1.54, 1.807) is 0 Å². The third-order valence-electron chi connectivity index (χ3n) is 3.73. The Balaban J connectivity index is 2.53. The highest BCUT2D eigenvalue weighted by atomic mass is 35.5. The first-order chi connectivity index (χ1) is 13.6. The maximum absolute atomic E-state index is 12.9. The first kappa shape index (κ1) is 22.2. The minimum absolute atomic E-state index is 0.0568. The Kier molecular flexibility index (Phi) is 6.83. The van der Waals surface area contributed by atoms with Crippen LogP contribution in [0, 0.1) is 0 Å². The van der Waals surface area contributed by atoms with Gasteiger partial charge in [0, 0.05) is 0 Å². The molecule has 0 amide bonds. The van der Waals surface area contributed by atoms with Crippen molar-refractivity contribution in [3.05, 3.63) is 58.1 Å². The van der Waals surface area contributed by atoms with Crippen LogP contribution in [0.2, 0.25) is 5.02 Å². The van der Waals surface area contributed by atoms with Gasteiger partial charge in [-0.15, -0.1) is 0 Å². The third-order valence-corrected chi connectivity index (χ3v) is 5.45. The summed E-state index contributed by atoms with van der Waals surface area (Å²) in [5.74, 6) is -2.37. The fourth-order valence-corrected chi connectivity index (χ4v) is 3.89. The van der Waals surface area contributed by atoms with E-state index in [-0.39, 0.29) is 27.4 Å². The van der Waals surface area contributed by atoms with Crippen LogP contribution in [0.15, 0.2) is 41.3 Å². The van der Waals surface area contributed by atoms with Gasteiger partial charge in [-0.3, -0.25) is 4.72 Å². The zero-order valence-corrected chi connectivity index (χ0v) is 17.1. The predicted molar refractivity (Wildman–Crippen MR) is 103 cm³/mol. The summed E-state index contributed by atoms with van der Waals surface area (Å²) in [6.07, 6.45) is 0. The Morgan fingerprint density at radius 2 is 1.34 bits per heavy atom. The molecule has 11 heteroatoms. The molecule has 2 aromatic rings. The number of ether oxygens (including phenoxy) is 3. The molecule has 0 unspecified atom stereocenters. The van der Waals surface area contributed by atoms with Crippen LogP contribution in [0.25, 0.3) is 0 Å². The molecular weight excluding hydrogens is 426 g/mol. The molecule has 154 valence electrons. The van der Waals surface area contributed by atoms with E-state index in [0.29, 0.717) is 0 Å². The molecule has 0 aliphatic rings. The fraction of sp³-hybridized carbons (Fsp3) is 0.167. The summed E-state index contributed by atoms with van der Waals surface area (Å²) >= 11 is 6.06. The Labute approximate surface area is 171 Å². The van der Waals surface area contributed by atoms with Gasteiger partial charge >= 0.3 is 17.9 Å². The molecule has 0 saturated carbocycles. The number of carbonyl (C=O) groups is 3. The molecule has 0 aromatic heterocycles. The van der Waals surface area contributed by atoms with Crippen molar-refractivity contribution in [1.29, 1.82) is 0 Å². The summed E-state index contributed by atoms with van der Waals surface area (Å²) in [6.45, 7) is 0. The van der Waals surface area contributed by atoms with Crippen LogP contribution in [0.1, 0.15) is 31.1 Å². The molecule has 0 aliphatic carbocycles. The van der Waals surface area contributed by atoms with Gasteiger partial charge in [-0.25, -0.2) is 22.8 Å². The summed E-state index contributed by atoms with van der Waals surface area (Å²) in [6, 6.07) is 7.13. The van der Waals surface area contributed by atoms with E-state index in [0.717, 1.165) is 26.4 Å². The number of anilines is 1. The van der Waals surface area contributed by atoms with E-state index in [1.807, 2.05) is 0 Å². The molecule has 9 nitrogen and oxygen atoms in total. The monoisotopic (exact) mass is 441 g/mol. The van der Waals surface area contributed by atoms with E-state index < -0.39 is 32.8 Å². The van der Waals surface area contributed by atoms with Crippen molar-refractivity contribution < 1.29 is 37.0 Å². The fourth-order valence-electron chi connectivity index (χ4n) is 2.31. The number of esters is 3. The van der Waals surface area contributed by atoms with Crippen molar-refractivity contribution in [2.45, 2.75) is 4.90 Å². The van der Waals surface area contributed by atoms with Crippen LogP contribution in [0.5, 0.6) is 0 Å². The van der Waals surface area contributed by atoms with Crippen LogP contribution in [-0.2, 0) is 24.2 Å². The maximum atomic E-state index is 12.9. The van der Waals surface area contributed by atoms with Gasteiger partial charge in [0.05, 0.1) is 48.7 Å². The number of halogens is 1. The number of hydrogen-bond acceptors (Lipinski definition) is 8. The lowest BCUT2D eigenvalue weighted by molar-refractivity contribution is 0.0583. The van der Waals surface area contributed by atoms with Crippen LogP contribution in [0.4, 0.5) is 5.69 Å². The highest BCUT2D eigenvalue weighted by molar-refractivity contribution is 7.92. The van der Waals surface area contributed by atoms with Crippen molar-refractivity contribution in [3.63, 3.8) is 0 Å². The molecule has 0 radical (unpaired) electrons. The second kappa shape index (κ2) is 8.93. The smallest absolute Gasteiger partial charge is 0.339 e. The van der Waals surface area contributed by atoms with Crippen LogP contribution in [0.3, 0.4) is 0 Å². The molecule has 0 atom stereocenters. The van der Waals surface area contributed by atoms with Gasteiger partial charge in [-0.1, -0.05) is 11.6 Å². The SMILES string of the molecule is COC(=O)c1ccc(NS(=O)(=O)c2cc(C(=O)OC)ccc2C(=O)OC)c(Cl)c1. The van der Waals surface area contributed by atoms with Crippen molar-refractivity contribution in [3.8, 4) is 0 Å². The summed E-state index contributed by atoms with van der Waals surface area (Å²) in [5, 5.41) is -0.0831. The molecule has 2 aromatic carbocycles. The van der Waals surface area contributed by atoms with E-state index in [1.165, 1.54) is 31.4 Å². The lowest BCUT2D eigenvalue weighted by atomic mass is 10.1. The molecular formula is C18H16ClNO8S. The largest absolute Gasteiger partial charge is 0.465 e. The number of methoxy groups -OCH3 is 3. The van der Waals surface area contributed by atoms with Gasteiger partial charge in [-0.05, 0) is 36.4 Å². The first-order valence-corrected chi connectivity index (χ1v) is 9.72. The minimum atomic E-state index is -4.38.